The van der Waals surface area contributed by atoms with Crippen LogP contribution in [0.25, 0.3) is 10.8 Å². The molecule has 0 spiro atoms. The van der Waals surface area contributed by atoms with Crippen LogP contribution in [0.2, 0.25) is 0 Å². The maximum atomic E-state index is 4.52. The van der Waals surface area contributed by atoms with Gasteiger partial charge in [-0.2, -0.15) is 0 Å². The van der Waals surface area contributed by atoms with Crippen molar-refractivity contribution in [2.75, 3.05) is 5.32 Å². The Balaban J connectivity index is 1.61. The molecular weight excluding hydrogens is 324 g/mol. The summed E-state index contributed by atoms with van der Waals surface area (Å²) in [5.74, 6) is 1.59. The van der Waals surface area contributed by atoms with Gasteiger partial charge in [0.15, 0.2) is 0 Å². The SMILES string of the molecule is Brc1cccc2c(NC3CC3c3ccccc3)nccc12. The van der Waals surface area contributed by atoms with Crippen molar-refractivity contribution in [1.29, 1.82) is 0 Å². The summed E-state index contributed by atoms with van der Waals surface area (Å²) in [6.07, 6.45) is 3.05. The molecule has 0 bridgehead atoms. The van der Waals surface area contributed by atoms with Crippen LogP contribution in [-0.4, -0.2) is 11.0 Å². The fraction of sp³-hybridized carbons (Fsp3) is 0.167. The molecule has 3 aromatic rings. The molecule has 0 aliphatic heterocycles. The molecule has 1 aliphatic rings. The molecule has 2 atom stereocenters. The van der Waals surface area contributed by atoms with Crippen LogP contribution in [0.15, 0.2) is 65.3 Å². The average Bonchev–Trinajstić information content (AvgIpc) is 3.29. The molecule has 0 amide bonds. The average molecular weight is 339 g/mol. The number of rotatable bonds is 3. The normalized spacial score (nSPS) is 20.4. The van der Waals surface area contributed by atoms with Crippen molar-refractivity contribution in [3.05, 3.63) is 70.8 Å². The van der Waals surface area contributed by atoms with E-state index in [9.17, 15) is 0 Å². The van der Waals surface area contributed by atoms with E-state index < -0.39 is 0 Å². The molecule has 4 rings (SSSR count). The maximum Gasteiger partial charge on any atom is 0.134 e. The van der Waals surface area contributed by atoms with Crippen LogP contribution in [0.1, 0.15) is 17.9 Å². The van der Waals surface area contributed by atoms with Crippen LogP contribution < -0.4 is 5.32 Å². The Morgan fingerprint density at radius 1 is 0.952 bits per heavy atom. The fourth-order valence-corrected chi connectivity index (χ4v) is 3.38. The van der Waals surface area contributed by atoms with Crippen molar-refractivity contribution in [3.63, 3.8) is 0 Å². The molecule has 1 N–H and O–H groups in total. The number of halogens is 1. The van der Waals surface area contributed by atoms with Gasteiger partial charge in [-0.3, -0.25) is 0 Å². The van der Waals surface area contributed by atoms with Crippen molar-refractivity contribution in [2.24, 2.45) is 0 Å². The first-order valence-electron chi connectivity index (χ1n) is 7.17. The van der Waals surface area contributed by atoms with Crippen LogP contribution >= 0.6 is 15.9 Å². The highest BCUT2D eigenvalue weighted by atomic mass is 79.9. The molecule has 1 aromatic heterocycles. The molecule has 3 heteroatoms. The highest BCUT2D eigenvalue weighted by Gasteiger charge is 2.38. The second kappa shape index (κ2) is 5.15. The van der Waals surface area contributed by atoms with Gasteiger partial charge < -0.3 is 5.32 Å². The minimum atomic E-state index is 0.490. The monoisotopic (exact) mass is 338 g/mol. The van der Waals surface area contributed by atoms with Crippen molar-refractivity contribution >= 4 is 32.5 Å². The number of nitrogens with one attached hydrogen (secondary N) is 1. The number of pyridine rings is 1. The van der Waals surface area contributed by atoms with Gasteiger partial charge in [0.25, 0.3) is 0 Å². The Morgan fingerprint density at radius 3 is 2.67 bits per heavy atom. The van der Waals surface area contributed by atoms with E-state index in [1.807, 2.05) is 12.3 Å². The maximum absolute atomic E-state index is 4.52. The van der Waals surface area contributed by atoms with E-state index in [4.69, 9.17) is 0 Å². The van der Waals surface area contributed by atoms with Gasteiger partial charge in [-0.1, -0.05) is 58.4 Å². The number of aromatic nitrogens is 1. The number of hydrogen-bond acceptors (Lipinski definition) is 2. The molecule has 1 saturated carbocycles. The third-order valence-corrected chi connectivity index (χ3v) is 4.78. The van der Waals surface area contributed by atoms with E-state index in [0.717, 1.165) is 10.3 Å². The number of anilines is 1. The first-order chi connectivity index (χ1) is 10.3. The third-order valence-electron chi connectivity index (χ3n) is 4.09. The second-order valence-electron chi connectivity index (χ2n) is 5.50. The molecule has 0 radical (unpaired) electrons. The Hall–Kier alpha value is -1.87. The van der Waals surface area contributed by atoms with Crippen LogP contribution in [0.4, 0.5) is 5.82 Å². The molecule has 0 saturated heterocycles. The lowest BCUT2D eigenvalue weighted by atomic mass is 10.1. The molecule has 2 nitrogen and oxygen atoms in total. The summed E-state index contributed by atoms with van der Waals surface area (Å²) >= 11 is 3.61. The van der Waals surface area contributed by atoms with Crippen molar-refractivity contribution in [2.45, 2.75) is 18.4 Å². The van der Waals surface area contributed by atoms with Crippen LogP contribution in [0.3, 0.4) is 0 Å². The molecule has 2 unspecified atom stereocenters. The second-order valence-corrected chi connectivity index (χ2v) is 6.35. The van der Waals surface area contributed by atoms with Crippen molar-refractivity contribution < 1.29 is 0 Å². The van der Waals surface area contributed by atoms with Crippen molar-refractivity contribution in [3.8, 4) is 0 Å². The predicted molar refractivity (Wildman–Crippen MR) is 90.7 cm³/mol. The third kappa shape index (κ3) is 2.42. The summed E-state index contributed by atoms with van der Waals surface area (Å²) in [7, 11) is 0. The molecule has 1 fully saturated rings. The lowest BCUT2D eigenvalue weighted by Gasteiger charge is -2.09. The largest absolute Gasteiger partial charge is 0.366 e. The zero-order chi connectivity index (χ0) is 14.2. The van der Waals surface area contributed by atoms with Gasteiger partial charge in [0.05, 0.1) is 0 Å². The summed E-state index contributed by atoms with van der Waals surface area (Å²) in [5, 5.41) is 5.98. The number of nitrogens with zero attached hydrogens (tertiary/aromatic N) is 1. The molecule has 1 aliphatic carbocycles. The zero-order valence-corrected chi connectivity index (χ0v) is 13.0. The van der Waals surface area contributed by atoms with E-state index in [2.05, 4.69) is 74.8 Å². The smallest absolute Gasteiger partial charge is 0.134 e. The summed E-state index contributed by atoms with van der Waals surface area (Å²) in [6.45, 7) is 0. The number of benzene rings is 2. The summed E-state index contributed by atoms with van der Waals surface area (Å²) in [5.41, 5.74) is 1.41. The zero-order valence-electron chi connectivity index (χ0n) is 11.5. The highest BCUT2D eigenvalue weighted by molar-refractivity contribution is 9.10. The summed E-state index contributed by atoms with van der Waals surface area (Å²) in [4.78, 5) is 4.52. The van der Waals surface area contributed by atoms with E-state index in [1.165, 1.54) is 22.8 Å². The Kier molecular flexibility index (Phi) is 3.15. The van der Waals surface area contributed by atoms with Gasteiger partial charge in [-0.25, -0.2) is 4.98 Å². The van der Waals surface area contributed by atoms with Gasteiger partial charge >= 0.3 is 0 Å². The van der Waals surface area contributed by atoms with E-state index in [-0.39, 0.29) is 0 Å². The first kappa shape index (κ1) is 12.8. The molecular formula is C18H15BrN2. The van der Waals surface area contributed by atoms with Crippen LogP contribution in [0, 0.1) is 0 Å². The van der Waals surface area contributed by atoms with E-state index in [0.29, 0.717) is 12.0 Å². The lowest BCUT2D eigenvalue weighted by molar-refractivity contribution is 1.03. The summed E-state index contributed by atoms with van der Waals surface area (Å²) < 4.78 is 1.11. The van der Waals surface area contributed by atoms with Gasteiger partial charge in [-0.05, 0) is 24.1 Å². The standard InChI is InChI=1S/C18H15BrN2/c19-16-8-4-7-14-13(16)9-10-20-18(14)21-17-11-15(17)12-5-2-1-3-6-12/h1-10,15,17H,11H2,(H,20,21). The van der Waals surface area contributed by atoms with Gasteiger partial charge in [0, 0.05) is 33.4 Å². The highest BCUT2D eigenvalue weighted by Crippen LogP contribution is 2.43. The molecule has 104 valence electrons. The Labute approximate surface area is 132 Å². The minimum Gasteiger partial charge on any atom is -0.366 e. The molecule has 21 heavy (non-hydrogen) atoms. The van der Waals surface area contributed by atoms with Crippen LogP contribution in [-0.2, 0) is 0 Å². The van der Waals surface area contributed by atoms with Crippen molar-refractivity contribution in [1.82, 2.24) is 4.98 Å². The Morgan fingerprint density at radius 2 is 1.81 bits per heavy atom. The quantitative estimate of drug-likeness (QED) is 0.729. The van der Waals surface area contributed by atoms with E-state index >= 15 is 0 Å². The van der Waals surface area contributed by atoms with Gasteiger partial charge in [0.2, 0.25) is 0 Å². The first-order valence-corrected chi connectivity index (χ1v) is 7.97. The van der Waals surface area contributed by atoms with Gasteiger partial charge in [0.1, 0.15) is 5.82 Å². The Bertz CT molecular complexity index is 786. The van der Waals surface area contributed by atoms with Gasteiger partial charge in [-0.15, -0.1) is 0 Å². The lowest BCUT2D eigenvalue weighted by Crippen LogP contribution is -2.06. The van der Waals surface area contributed by atoms with E-state index in [1.54, 1.807) is 0 Å². The predicted octanol–water partition coefficient (Wildman–Crippen LogP) is 4.97. The molecule has 1 heterocycles. The van der Waals surface area contributed by atoms with Crippen LogP contribution in [0.5, 0.6) is 0 Å². The molecule has 2 aromatic carbocycles. The topological polar surface area (TPSA) is 24.9 Å². The fourth-order valence-electron chi connectivity index (χ4n) is 2.88. The summed E-state index contributed by atoms with van der Waals surface area (Å²) in [6, 6.07) is 19.5. The number of fused-ring (bicyclic) bond motifs is 1. The minimum absolute atomic E-state index is 0.490. The number of hydrogen-bond donors (Lipinski definition) is 1.